The third-order valence-corrected chi connectivity index (χ3v) is 4.35. The van der Waals surface area contributed by atoms with Gasteiger partial charge in [0.05, 0.1) is 5.92 Å². The van der Waals surface area contributed by atoms with Crippen LogP contribution in [0.2, 0.25) is 0 Å². The van der Waals surface area contributed by atoms with Crippen LogP contribution in [0.3, 0.4) is 0 Å². The van der Waals surface area contributed by atoms with Gasteiger partial charge in [-0.3, -0.25) is 4.79 Å². The molecule has 1 aliphatic rings. The first-order valence-electron chi connectivity index (χ1n) is 8.02. The normalized spacial score (nSPS) is 18.5. The molecular weight excluding hydrogens is 342 g/mol. The number of esters is 1. The largest absolute Gasteiger partial charge is 0.459 e. The van der Waals surface area contributed by atoms with Crippen molar-refractivity contribution in [2.24, 2.45) is 0 Å². The minimum atomic E-state index is -0.445. The van der Waals surface area contributed by atoms with Crippen LogP contribution in [0.25, 0.3) is 0 Å². The molecule has 0 saturated heterocycles. The number of halogens is 1. The summed E-state index contributed by atoms with van der Waals surface area (Å²) >= 11 is 3.48. The van der Waals surface area contributed by atoms with Gasteiger partial charge in [-0.25, -0.2) is 0 Å². The summed E-state index contributed by atoms with van der Waals surface area (Å²) in [6.07, 6.45) is 3.17. The average molecular weight is 368 g/mol. The van der Waals surface area contributed by atoms with Crippen LogP contribution in [-0.2, 0) is 22.4 Å². The van der Waals surface area contributed by atoms with E-state index in [-0.39, 0.29) is 11.9 Å². The zero-order valence-corrected chi connectivity index (χ0v) is 15.3. The number of aryl methyl sites for hydroxylation is 1. The molecule has 0 amide bonds. The molecule has 3 nitrogen and oxygen atoms in total. The minimum Gasteiger partial charge on any atom is -0.459 e. The van der Waals surface area contributed by atoms with Gasteiger partial charge < -0.3 is 10.1 Å². The second-order valence-electron chi connectivity index (χ2n) is 6.87. The Kier molecular flexibility index (Phi) is 6.04. The SMILES string of the molecule is CC(C)(C)OC(=O)C1CNCCc2cc(CCCBr)ccc21. The quantitative estimate of drug-likeness (QED) is 0.652. The molecule has 0 aromatic heterocycles. The standard InChI is InChI=1S/C18H26BrNO2/c1-18(2,3)22-17(21)16-12-20-10-8-14-11-13(5-4-9-19)6-7-15(14)16/h6-7,11,16,20H,4-5,8-10,12H2,1-3H3. The van der Waals surface area contributed by atoms with Gasteiger partial charge in [0.15, 0.2) is 0 Å². The van der Waals surface area contributed by atoms with E-state index in [0.29, 0.717) is 6.54 Å². The van der Waals surface area contributed by atoms with Crippen molar-refractivity contribution >= 4 is 21.9 Å². The molecule has 1 aromatic rings. The lowest BCUT2D eigenvalue weighted by Gasteiger charge is -2.24. The number of hydrogen-bond acceptors (Lipinski definition) is 3. The van der Waals surface area contributed by atoms with Crippen LogP contribution >= 0.6 is 15.9 Å². The molecule has 0 bridgehead atoms. The molecule has 2 rings (SSSR count). The lowest BCUT2D eigenvalue weighted by Crippen LogP contribution is -2.32. The summed E-state index contributed by atoms with van der Waals surface area (Å²) in [6, 6.07) is 6.55. The van der Waals surface area contributed by atoms with Crippen molar-refractivity contribution in [1.82, 2.24) is 5.32 Å². The minimum absolute atomic E-state index is 0.128. The second kappa shape index (κ2) is 7.60. The Hall–Kier alpha value is -0.870. The van der Waals surface area contributed by atoms with Gasteiger partial charge in [-0.05, 0) is 63.3 Å². The third-order valence-electron chi connectivity index (χ3n) is 3.79. The molecule has 0 aliphatic carbocycles. The van der Waals surface area contributed by atoms with Gasteiger partial charge in [0.2, 0.25) is 0 Å². The van der Waals surface area contributed by atoms with E-state index in [1.54, 1.807) is 0 Å². The van der Waals surface area contributed by atoms with Crippen LogP contribution < -0.4 is 5.32 Å². The van der Waals surface area contributed by atoms with Gasteiger partial charge in [-0.1, -0.05) is 34.1 Å². The van der Waals surface area contributed by atoms with E-state index in [0.717, 1.165) is 36.7 Å². The lowest BCUT2D eigenvalue weighted by molar-refractivity contribution is -0.156. The van der Waals surface area contributed by atoms with E-state index < -0.39 is 5.60 Å². The Morgan fingerprint density at radius 2 is 2.18 bits per heavy atom. The van der Waals surface area contributed by atoms with Gasteiger partial charge >= 0.3 is 5.97 Å². The highest BCUT2D eigenvalue weighted by atomic mass is 79.9. The number of benzene rings is 1. The number of alkyl halides is 1. The molecule has 1 atom stereocenters. The summed E-state index contributed by atoms with van der Waals surface area (Å²) in [5.74, 6) is -0.335. The summed E-state index contributed by atoms with van der Waals surface area (Å²) in [5.41, 5.74) is 3.32. The molecule has 1 unspecified atom stereocenters. The van der Waals surface area contributed by atoms with Crippen molar-refractivity contribution in [3.63, 3.8) is 0 Å². The number of carbonyl (C=O) groups is 1. The predicted molar refractivity (Wildman–Crippen MR) is 93.7 cm³/mol. The molecule has 0 saturated carbocycles. The molecule has 0 radical (unpaired) electrons. The first-order chi connectivity index (χ1) is 10.4. The van der Waals surface area contributed by atoms with Crippen LogP contribution in [0.4, 0.5) is 0 Å². The highest BCUT2D eigenvalue weighted by molar-refractivity contribution is 9.09. The Morgan fingerprint density at radius 1 is 1.41 bits per heavy atom. The summed E-state index contributed by atoms with van der Waals surface area (Å²) in [4.78, 5) is 12.5. The van der Waals surface area contributed by atoms with Crippen molar-refractivity contribution in [3.8, 4) is 0 Å². The Bertz CT molecular complexity index is 522. The number of nitrogens with one attached hydrogen (secondary N) is 1. The smallest absolute Gasteiger partial charge is 0.315 e. The van der Waals surface area contributed by atoms with Crippen molar-refractivity contribution in [3.05, 3.63) is 34.9 Å². The van der Waals surface area contributed by atoms with E-state index >= 15 is 0 Å². The van der Waals surface area contributed by atoms with E-state index in [1.807, 2.05) is 20.8 Å². The van der Waals surface area contributed by atoms with Crippen molar-refractivity contribution in [1.29, 1.82) is 0 Å². The lowest BCUT2D eigenvalue weighted by atomic mass is 9.91. The molecule has 0 spiro atoms. The van der Waals surface area contributed by atoms with E-state index in [4.69, 9.17) is 4.74 Å². The van der Waals surface area contributed by atoms with Crippen LogP contribution in [-0.4, -0.2) is 30.0 Å². The summed E-state index contributed by atoms with van der Waals surface area (Å²) in [6.45, 7) is 7.31. The van der Waals surface area contributed by atoms with Crippen LogP contribution in [0.1, 0.15) is 49.8 Å². The average Bonchev–Trinajstić information content (AvgIpc) is 2.65. The van der Waals surface area contributed by atoms with Crippen molar-refractivity contribution < 1.29 is 9.53 Å². The van der Waals surface area contributed by atoms with Gasteiger partial charge in [-0.15, -0.1) is 0 Å². The number of fused-ring (bicyclic) bond motifs is 1. The zero-order valence-electron chi connectivity index (χ0n) is 13.7. The second-order valence-corrected chi connectivity index (χ2v) is 7.66. The molecule has 1 aromatic carbocycles. The molecule has 1 heterocycles. The highest BCUT2D eigenvalue weighted by Crippen LogP contribution is 2.27. The van der Waals surface area contributed by atoms with E-state index in [2.05, 4.69) is 39.4 Å². The fraction of sp³-hybridized carbons (Fsp3) is 0.611. The van der Waals surface area contributed by atoms with Crippen molar-refractivity contribution in [2.45, 2.75) is 51.6 Å². The molecule has 4 heteroatoms. The Balaban J connectivity index is 2.23. The molecule has 1 aliphatic heterocycles. The zero-order chi connectivity index (χ0) is 16.2. The molecule has 1 N–H and O–H groups in total. The van der Waals surface area contributed by atoms with Crippen LogP contribution in [0, 0.1) is 0 Å². The highest BCUT2D eigenvalue weighted by Gasteiger charge is 2.29. The molecule has 22 heavy (non-hydrogen) atoms. The maximum absolute atomic E-state index is 12.5. The first-order valence-corrected chi connectivity index (χ1v) is 9.14. The van der Waals surface area contributed by atoms with Crippen LogP contribution in [0.5, 0.6) is 0 Å². The van der Waals surface area contributed by atoms with E-state index in [1.165, 1.54) is 11.1 Å². The first kappa shape index (κ1) is 17.5. The Morgan fingerprint density at radius 3 is 2.86 bits per heavy atom. The predicted octanol–water partition coefficient (Wildman–Crippen LogP) is 3.59. The number of rotatable bonds is 4. The monoisotopic (exact) mass is 367 g/mol. The maximum Gasteiger partial charge on any atom is 0.315 e. The summed E-state index contributed by atoms with van der Waals surface area (Å²) in [5, 5.41) is 4.39. The number of carbonyl (C=O) groups excluding carboxylic acids is 1. The molecule has 122 valence electrons. The topological polar surface area (TPSA) is 38.3 Å². The maximum atomic E-state index is 12.5. The number of hydrogen-bond donors (Lipinski definition) is 1. The third kappa shape index (κ3) is 4.82. The van der Waals surface area contributed by atoms with Crippen LogP contribution in [0.15, 0.2) is 18.2 Å². The Labute approximate surface area is 141 Å². The number of ether oxygens (including phenoxy) is 1. The van der Waals surface area contributed by atoms with Gasteiger partial charge in [0.25, 0.3) is 0 Å². The van der Waals surface area contributed by atoms with Gasteiger partial charge in [-0.2, -0.15) is 0 Å². The van der Waals surface area contributed by atoms with E-state index in [9.17, 15) is 4.79 Å². The fourth-order valence-electron chi connectivity index (χ4n) is 2.80. The van der Waals surface area contributed by atoms with Crippen molar-refractivity contribution in [2.75, 3.05) is 18.4 Å². The van der Waals surface area contributed by atoms with Gasteiger partial charge in [0.1, 0.15) is 5.60 Å². The summed E-state index contributed by atoms with van der Waals surface area (Å²) in [7, 11) is 0. The fourth-order valence-corrected chi connectivity index (χ4v) is 3.08. The molecule has 0 fully saturated rings. The van der Waals surface area contributed by atoms with Gasteiger partial charge in [0, 0.05) is 11.9 Å². The molecular formula is C18H26BrNO2. The summed E-state index contributed by atoms with van der Waals surface area (Å²) < 4.78 is 5.60.